The molecule has 5 heteroatoms. The summed E-state index contributed by atoms with van der Waals surface area (Å²) >= 11 is 0. The molecule has 0 radical (unpaired) electrons. The number of ether oxygens (including phenoxy) is 1. The Kier molecular flexibility index (Phi) is 4.42. The zero-order chi connectivity index (χ0) is 15.4. The molecular weight excluding hydrogens is 270 g/mol. The second-order valence-corrected chi connectivity index (χ2v) is 4.81. The molecule has 2 N–H and O–H groups in total. The molecule has 0 saturated carbocycles. The fourth-order valence-corrected chi connectivity index (χ4v) is 1.93. The van der Waals surface area contributed by atoms with Gasteiger partial charge in [-0.3, -0.25) is 9.59 Å². The molecule has 0 heterocycles. The Bertz CT molecular complexity index is 663. The molecule has 1 unspecified atom stereocenters. The summed E-state index contributed by atoms with van der Waals surface area (Å²) in [6.07, 6.45) is -0.780. The molecule has 0 aliphatic carbocycles. The Morgan fingerprint density at radius 1 is 1.10 bits per heavy atom. The lowest BCUT2D eigenvalue weighted by atomic mass is 10.1. The summed E-state index contributed by atoms with van der Waals surface area (Å²) in [5.41, 5.74) is 0. The van der Waals surface area contributed by atoms with E-state index in [1.54, 1.807) is 13.0 Å². The molecule has 2 aromatic carbocycles. The summed E-state index contributed by atoms with van der Waals surface area (Å²) in [6.45, 7) is 3.00. The van der Waals surface area contributed by atoms with Crippen LogP contribution in [0.1, 0.15) is 13.8 Å². The molecule has 1 amide bonds. The molecule has 0 aliphatic rings. The molecule has 2 rings (SSSR count). The Balaban J connectivity index is 2.13. The highest BCUT2D eigenvalue weighted by molar-refractivity contribution is 5.89. The zero-order valence-corrected chi connectivity index (χ0v) is 11.9. The molecule has 0 fully saturated rings. The summed E-state index contributed by atoms with van der Waals surface area (Å²) in [5.74, 6) is -0.947. The summed E-state index contributed by atoms with van der Waals surface area (Å²) in [7, 11) is 0. The maximum atomic E-state index is 11.9. The largest absolute Gasteiger partial charge is 0.480 e. The zero-order valence-electron chi connectivity index (χ0n) is 11.9. The average molecular weight is 287 g/mol. The van der Waals surface area contributed by atoms with Crippen LogP contribution in [0, 0.1) is 0 Å². The van der Waals surface area contributed by atoms with Crippen molar-refractivity contribution < 1.29 is 19.4 Å². The maximum absolute atomic E-state index is 11.9. The third kappa shape index (κ3) is 3.51. The fraction of sp³-hybridized carbons (Fsp3) is 0.250. The highest BCUT2D eigenvalue weighted by Gasteiger charge is 2.20. The summed E-state index contributed by atoms with van der Waals surface area (Å²) in [4.78, 5) is 22.6. The van der Waals surface area contributed by atoms with Gasteiger partial charge in [0, 0.05) is 5.39 Å². The normalized spacial score (nSPS) is 13.4. The number of rotatable bonds is 5. The number of carboxylic acid groups (broad SMARTS) is 1. The topological polar surface area (TPSA) is 75.6 Å². The second-order valence-electron chi connectivity index (χ2n) is 4.81. The SMILES string of the molecule is CC(Oc1cccc2ccccc12)C(=O)N[C@@H](C)C(=O)O. The van der Waals surface area contributed by atoms with Crippen molar-refractivity contribution in [2.75, 3.05) is 0 Å². The van der Waals surface area contributed by atoms with E-state index < -0.39 is 24.0 Å². The van der Waals surface area contributed by atoms with Crippen molar-refractivity contribution >= 4 is 22.6 Å². The van der Waals surface area contributed by atoms with Crippen LogP contribution in [0.25, 0.3) is 10.8 Å². The third-order valence-corrected chi connectivity index (χ3v) is 3.15. The van der Waals surface area contributed by atoms with Crippen molar-refractivity contribution in [3.05, 3.63) is 42.5 Å². The van der Waals surface area contributed by atoms with Crippen LogP contribution >= 0.6 is 0 Å². The predicted molar refractivity (Wildman–Crippen MR) is 79.3 cm³/mol. The standard InChI is InChI=1S/C16H17NO4/c1-10(16(19)20)17-15(18)11(2)21-14-9-5-7-12-6-3-4-8-13(12)14/h3-11H,1-2H3,(H,17,18)(H,19,20)/t10-,11?/m0/s1. The van der Waals surface area contributed by atoms with E-state index in [2.05, 4.69) is 5.32 Å². The Hall–Kier alpha value is -2.56. The van der Waals surface area contributed by atoms with E-state index >= 15 is 0 Å². The first-order chi connectivity index (χ1) is 9.99. The van der Waals surface area contributed by atoms with E-state index in [4.69, 9.17) is 9.84 Å². The molecular formula is C16H17NO4. The Morgan fingerprint density at radius 3 is 2.48 bits per heavy atom. The van der Waals surface area contributed by atoms with E-state index in [-0.39, 0.29) is 0 Å². The van der Waals surface area contributed by atoms with Gasteiger partial charge >= 0.3 is 5.97 Å². The molecule has 0 bridgehead atoms. The quantitative estimate of drug-likeness (QED) is 0.884. The van der Waals surface area contributed by atoms with Crippen molar-refractivity contribution in [3.63, 3.8) is 0 Å². The first-order valence-corrected chi connectivity index (χ1v) is 6.66. The van der Waals surface area contributed by atoms with Gasteiger partial charge < -0.3 is 15.2 Å². The van der Waals surface area contributed by atoms with E-state index in [1.807, 2.05) is 36.4 Å². The number of carboxylic acids is 1. The number of aliphatic carboxylic acids is 1. The van der Waals surface area contributed by atoms with Crippen LogP contribution in [0.15, 0.2) is 42.5 Å². The Labute approximate surface area is 122 Å². The molecule has 0 aliphatic heterocycles. The first-order valence-electron chi connectivity index (χ1n) is 6.66. The number of fused-ring (bicyclic) bond motifs is 1. The van der Waals surface area contributed by atoms with Crippen molar-refractivity contribution in [2.24, 2.45) is 0 Å². The summed E-state index contributed by atoms with van der Waals surface area (Å²) < 4.78 is 5.67. The van der Waals surface area contributed by atoms with E-state index in [0.717, 1.165) is 10.8 Å². The van der Waals surface area contributed by atoms with Crippen LogP contribution in [0.3, 0.4) is 0 Å². The van der Waals surface area contributed by atoms with Crippen LogP contribution < -0.4 is 10.1 Å². The van der Waals surface area contributed by atoms with Gasteiger partial charge in [-0.1, -0.05) is 36.4 Å². The van der Waals surface area contributed by atoms with Crippen LogP contribution in [0.4, 0.5) is 0 Å². The lowest BCUT2D eigenvalue weighted by Gasteiger charge is -2.17. The van der Waals surface area contributed by atoms with Gasteiger partial charge in [0.25, 0.3) is 5.91 Å². The molecule has 2 aromatic rings. The number of nitrogens with one attached hydrogen (secondary N) is 1. The van der Waals surface area contributed by atoms with Gasteiger partial charge in [-0.15, -0.1) is 0 Å². The number of carbonyl (C=O) groups is 2. The van der Waals surface area contributed by atoms with E-state index in [9.17, 15) is 9.59 Å². The predicted octanol–water partition coefficient (Wildman–Crippen LogP) is 2.20. The van der Waals surface area contributed by atoms with Gasteiger partial charge in [0.1, 0.15) is 11.8 Å². The van der Waals surface area contributed by atoms with Gasteiger partial charge in [0.15, 0.2) is 6.10 Å². The fourth-order valence-electron chi connectivity index (χ4n) is 1.93. The van der Waals surface area contributed by atoms with Gasteiger partial charge in [0.05, 0.1) is 0 Å². The minimum Gasteiger partial charge on any atom is -0.480 e. The molecule has 0 aromatic heterocycles. The number of carbonyl (C=O) groups excluding carboxylic acids is 1. The molecule has 21 heavy (non-hydrogen) atoms. The van der Waals surface area contributed by atoms with Gasteiger partial charge in [-0.2, -0.15) is 0 Å². The van der Waals surface area contributed by atoms with Crippen molar-refractivity contribution in [1.82, 2.24) is 5.32 Å². The number of hydrogen-bond acceptors (Lipinski definition) is 3. The van der Waals surface area contributed by atoms with Gasteiger partial charge in [0.2, 0.25) is 0 Å². The van der Waals surface area contributed by atoms with E-state index in [1.165, 1.54) is 6.92 Å². The smallest absolute Gasteiger partial charge is 0.325 e. The molecule has 2 atom stereocenters. The van der Waals surface area contributed by atoms with E-state index in [0.29, 0.717) is 5.75 Å². The average Bonchev–Trinajstić information content (AvgIpc) is 2.47. The monoisotopic (exact) mass is 287 g/mol. The van der Waals surface area contributed by atoms with Gasteiger partial charge in [-0.25, -0.2) is 0 Å². The first kappa shape index (κ1) is 14.8. The third-order valence-electron chi connectivity index (χ3n) is 3.15. The Morgan fingerprint density at radius 2 is 1.76 bits per heavy atom. The maximum Gasteiger partial charge on any atom is 0.325 e. The lowest BCUT2D eigenvalue weighted by molar-refractivity contribution is -0.142. The number of amides is 1. The minimum atomic E-state index is -1.08. The van der Waals surface area contributed by atoms with Crippen LogP contribution in [0.2, 0.25) is 0 Å². The number of hydrogen-bond donors (Lipinski definition) is 2. The minimum absolute atomic E-state index is 0.460. The van der Waals surface area contributed by atoms with Crippen molar-refractivity contribution in [2.45, 2.75) is 26.0 Å². The second kappa shape index (κ2) is 6.26. The van der Waals surface area contributed by atoms with Crippen LogP contribution in [-0.2, 0) is 9.59 Å². The molecule has 0 saturated heterocycles. The number of benzene rings is 2. The van der Waals surface area contributed by atoms with Crippen molar-refractivity contribution in [3.8, 4) is 5.75 Å². The molecule has 0 spiro atoms. The van der Waals surface area contributed by atoms with Crippen molar-refractivity contribution in [1.29, 1.82) is 0 Å². The molecule has 110 valence electrons. The lowest BCUT2D eigenvalue weighted by Crippen LogP contribution is -2.44. The molecule has 5 nitrogen and oxygen atoms in total. The summed E-state index contributed by atoms with van der Waals surface area (Å²) in [5, 5.41) is 13.1. The van der Waals surface area contributed by atoms with Crippen LogP contribution in [0.5, 0.6) is 5.75 Å². The summed E-state index contributed by atoms with van der Waals surface area (Å²) in [6, 6.07) is 12.3. The highest BCUT2D eigenvalue weighted by atomic mass is 16.5. The van der Waals surface area contributed by atoms with Gasteiger partial charge in [-0.05, 0) is 25.3 Å². The highest BCUT2D eigenvalue weighted by Crippen LogP contribution is 2.25. The van der Waals surface area contributed by atoms with Crippen LogP contribution in [-0.4, -0.2) is 29.1 Å².